The molecule has 0 aromatic carbocycles. The second kappa shape index (κ2) is 5.13. The van der Waals surface area contributed by atoms with E-state index in [4.69, 9.17) is 4.74 Å². The first-order chi connectivity index (χ1) is 6.86. The molecule has 0 aliphatic heterocycles. The zero-order valence-electron chi connectivity index (χ0n) is 8.95. The van der Waals surface area contributed by atoms with Crippen molar-refractivity contribution in [3.8, 4) is 0 Å². The van der Waals surface area contributed by atoms with Crippen molar-refractivity contribution in [1.29, 1.82) is 0 Å². The van der Waals surface area contributed by atoms with Crippen LogP contribution in [0.2, 0.25) is 0 Å². The Labute approximate surface area is 86.6 Å². The standard InChI is InChI=1S/C12H22O2/c13-12(10-5-1-2-6-10)9-14-11-7-3-4-8-11/h10-13H,1-9H2. The predicted octanol–water partition coefficient (Wildman–Crippen LogP) is 2.50. The first-order valence-electron chi connectivity index (χ1n) is 6.16. The SMILES string of the molecule is OC(COC1CCCC1)C1CCCC1. The molecule has 2 nitrogen and oxygen atoms in total. The van der Waals surface area contributed by atoms with Gasteiger partial charge in [0.1, 0.15) is 0 Å². The summed E-state index contributed by atoms with van der Waals surface area (Å²) in [5.74, 6) is 0.524. The van der Waals surface area contributed by atoms with E-state index in [1.54, 1.807) is 0 Å². The molecule has 82 valence electrons. The molecule has 0 heterocycles. The smallest absolute Gasteiger partial charge is 0.0801 e. The van der Waals surface area contributed by atoms with Gasteiger partial charge in [0.2, 0.25) is 0 Å². The van der Waals surface area contributed by atoms with Crippen molar-refractivity contribution in [3.05, 3.63) is 0 Å². The van der Waals surface area contributed by atoms with Gasteiger partial charge in [-0.2, -0.15) is 0 Å². The molecule has 1 atom stereocenters. The van der Waals surface area contributed by atoms with Gasteiger partial charge in [0.05, 0.1) is 18.8 Å². The molecular formula is C12H22O2. The van der Waals surface area contributed by atoms with Crippen LogP contribution in [-0.4, -0.2) is 23.9 Å². The Morgan fingerprint density at radius 1 is 1.00 bits per heavy atom. The third kappa shape index (κ3) is 2.71. The predicted molar refractivity (Wildman–Crippen MR) is 56.2 cm³/mol. The van der Waals surface area contributed by atoms with Gasteiger partial charge >= 0.3 is 0 Å². The number of hydrogen-bond donors (Lipinski definition) is 1. The van der Waals surface area contributed by atoms with Gasteiger partial charge < -0.3 is 9.84 Å². The summed E-state index contributed by atoms with van der Waals surface area (Å²) >= 11 is 0. The fourth-order valence-electron chi connectivity index (χ4n) is 2.77. The van der Waals surface area contributed by atoms with Crippen LogP contribution in [0.1, 0.15) is 51.4 Å². The van der Waals surface area contributed by atoms with E-state index in [0.717, 1.165) is 0 Å². The minimum atomic E-state index is -0.196. The zero-order chi connectivity index (χ0) is 9.80. The Morgan fingerprint density at radius 3 is 2.21 bits per heavy atom. The maximum Gasteiger partial charge on any atom is 0.0801 e. The minimum absolute atomic E-state index is 0.196. The monoisotopic (exact) mass is 198 g/mol. The van der Waals surface area contributed by atoms with Gasteiger partial charge in [-0.1, -0.05) is 25.7 Å². The van der Waals surface area contributed by atoms with Gasteiger partial charge in [-0.3, -0.25) is 0 Å². The molecule has 2 saturated carbocycles. The fraction of sp³-hybridized carbons (Fsp3) is 1.00. The highest BCUT2D eigenvalue weighted by Gasteiger charge is 2.24. The molecule has 1 N–H and O–H groups in total. The minimum Gasteiger partial charge on any atom is -0.390 e. The average molecular weight is 198 g/mol. The highest BCUT2D eigenvalue weighted by atomic mass is 16.5. The average Bonchev–Trinajstić information content (AvgIpc) is 2.87. The largest absolute Gasteiger partial charge is 0.390 e. The summed E-state index contributed by atoms with van der Waals surface area (Å²) < 4.78 is 5.73. The lowest BCUT2D eigenvalue weighted by Gasteiger charge is -2.20. The normalized spacial score (nSPS) is 27.2. The van der Waals surface area contributed by atoms with Crippen LogP contribution in [0.4, 0.5) is 0 Å². The maximum absolute atomic E-state index is 9.88. The van der Waals surface area contributed by atoms with Crippen molar-refractivity contribution < 1.29 is 9.84 Å². The van der Waals surface area contributed by atoms with Crippen LogP contribution in [0, 0.1) is 5.92 Å². The van der Waals surface area contributed by atoms with Crippen LogP contribution in [-0.2, 0) is 4.74 Å². The first-order valence-corrected chi connectivity index (χ1v) is 6.16. The van der Waals surface area contributed by atoms with Crippen molar-refractivity contribution in [2.45, 2.75) is 63.6 Å². The van der Waals surface area contributed by atoms with Crippen molar-refractivity contribution >= 4 is 0 Å². The Morgan fingerprint density at radius 2 is 1.57 bits per heavy atom. The highest BCUT2D eigenvalue weighted by molar-refractivity contribution is 4.75. The topological polar surface area (TPSA) is 29.5 Å². The lowest BCUT2D eigenvalue weighted by molar-refractivity contribution is -0.0276. The van der Waals surface area contributed by atoms with Crippen molar-refractivity contribution in [2.75, 3.05) is 6.61 Å². The molecule has 2 aliphatic carbocycles. The molecule has 0 spiro atoms. The van der Waals surface area contributed by atoms with Gasteiger partial charge in [-0.05, 0) is 31.6 Å². The third-order valence-electron chi connectivity index (χ3n) is 3.75. The Balaban J connectivity index is 1.63. The number of aliphatic hydroxyl groups is 1. The van der Waals surface area contributed by atoms with E-state index < -0.39 is 0 Å². The first kappa shape index (κ1) is 10.4. The van der Waals surface area contributed by atoms with E-state index in [1.807, 2.05) is 0 Å². The van der Waals surface area contributed by atoms with Gasteiger partial charge in [0.15, 0.2) is 0 Å². The molecule has 0 radical (unpaired) electrons. The maximum atomic E-state index is 9.88. The molecule has 2 fully saturated rings. The molecule has 14 heavy (non-hydrogen) atoms. The van der Waals surface area contributed by atoms with Crippen molar-refractivity contribution in [2.24, 2.45) is 5.92 Å². The zero-order valence-corrected chi connectivity index (χ0v) is 8.95. The second-order valence-electron chi connectivity index (χ2n) is 4.85. The summed E-state index contributed by atoms with van der Waals surface area (Å²) in [5, 5.41) is 9.88. The third-order valence-corrected chi connectivity index (χ3v) is 3.75. The van der Waals surface area contributed by atoms with E-state index >= 15 is 0 Å². The van der Waals surface area contributed by atoms with Gasteiger partial charge in [-0.15, -0.1) is 0 Å². The summed E-state index contributed by atoms with van der Waals surface area (Å²) in [5.41, 5.74) is 0. The molecule has 0 saturated heterocycles. The van der Waals surface area contributed by atoms with Crippen LogP contribution >= 0.6 is 0 Å². The molecule has 0 amide bonds. The molecule has 1 unspecified atom stereocenters. The molecule has 2 rings (SSSR count). The van der Waals surface area contributed by atoms with E-state index in [0.29, 0.717) is 18.6 Å². The second-order valence-corrected chi connectivity index (χ2v) is 4.85. The number of ether oxygens (including phenoxy) is 1. The lowest BCUT2D eigenvalue weighted by Crippen LogP contribution is -2.26. The van der Waals surface area contributed by atoms with Crippen molar-refractivity contribution in [3.63, 3.8) is 0 Å². The van der Waals surface area contributed by atoms with Crippen LogP contribution < -0.4 is 0 Å². The van der Waals surface area contributed by atoms with Gasteiger partial charge in [0, 0.05) is 0 Å². The Hall–Kier alpha value is -0.0800. The molecule has 0 aromatic heterocycles. The number of hydrogen-bond acceptors (Lipinski definition) is 2. The van der Waals surface area contributed by atoms with Crippen LogP contribution in [0.3, 0.4) is 0 Å². The fourth-order valence-corrected chi connectivity index (χ4v) is 2.77. The quantitative estimate of drug-likeness (QED) is 0.752. The molecular weight excluding hydrogens is 176 g/mol. The molecule has 0 bridgehead atoms. The van der Waals surface area contributed by atoms with Crippen LogP contribution in [0.15, 0.2) is 0 Å². The summed E-state index contributed by atoms with van der Waals surface area (Å²) in [7, 11) is 0. The van der Waals surface area contributed by atoms with Crippen molar-refractivity contribution in [1.82, 2.24) is 0 Å². The van der Waals surface area contributed by atoms with Crippen LogP contribution in [0.25, 0.3) is 0 Å². The van der Waals surface area contributed by atoms with Gasteiger partial charge in [0.25, 0.3) is 0 Å². The van der Waals surface area contributed by atoms with Gasteiger partial charge in [-0.25, -0.2) is 0 Å². The molecule has 2 heteroatoms. The van der Waals surface area contributed by atoms with Crippen LogP contribution in [0.5, 0.6) is 0 Å². The number of aliphatic hydroxyl groups excluding tert-OH is 1. The molecule has 0 aromatic rings. The number of rotatable bonds is 4. The lowest BCUT2D eigenvalue weighted by atomic mass is 10.0. The summed E-state index contributed by atoms with van der Waals surface area (Å²) in [6.07, 6.45) is 10.3. The van der Waals surface area contributed by atoms with E-state index in [1.165, 1.54) is 51.4 Å². The summed E-state index contributed by atoms with van der Waals surface area (Å²) in [6, 6.07) is 0. The summed E-state index contributed by atoms with van der Waals surface area (Å²) in [6.45, 7) is 0.579. The summed E-state index contributed by atoms with van der Waals surface area (Å²) in [4.78, 5) is 0. The highest BCUT2D eigenvalue weighted by Crippen LogP contribution is 2.28. The van der Waals surface area contributed by atoms with E-state index in [9.17, 15) is 5.11 Å². The Kier molecular flexibility index (Phi) is 3.82. The Bertz CT molecular complexity index is 158. The van der Waals surface area contributed by atoms with E-state index in [2.05, 4.69) is 0 Å². The van der Waals surface area contributed by atoms with E-state index in [-0.39, 0.29) is 6.10 Å². The molecule has 2 aliphatic rings.